The monoisotopic (exact) mass is 578 g/mol. The Bertz CT molecular complexity index is 1300. The first-order valence-corrected chi connectivity index (χ1v) is 12.4. The van der Waals surface area contributed by atoms with Gasteiger partial charge in [-0.1, -0.05) is 59.7 Å². The van der Waals surface area contributed by atoms with E-state index in [4.69, 9.17) is 9.47 Å². The highest BCUT2D eigenvalue weighted by atomic mass is 127. The van der Waals surface area contributed by atoms with E-state index in [-0.39, 0.29) is 11.8 Å². The molecule has 35 heavy (non-hydrogen) atoms. The largest absolute Gasteiger partial charge is 0.496 e. The molecule has 0 saturated heterocycles. The minimum Gasteiger partial charge on any atom is -0.496 e. The van der Waals surface area contributed by atoms with E-state index in [0.717, 1.165) is 20.5 Å². The molecule has 3 aromatic rings. The van der Waals surface area contributed by atoms with Crippen molar-refractivity contribution in [1.82, 2.24) is 5.43 Å². The summed E-state index contributed by atoms with van der Waals surface area (Å²) in [5.41, 5.74) is 8.87. The molecule has 1 aliphatic carbocycles. The summed E-state index contributed by atoms with van der Waals surface area (Å²) < 4.78 is 12.2. The lowest BCUT2D eigenvalue weighted by atomic mass is 9.89. The van der Waals surface area contributed by atoms with Crippen molar-refractivity contribution in [2.24, 2.45) is 5.10 Å². The predicted octanol–water partition coefficient (Wildman–Crippen LogP) is 6.65. The quantitative estimate of drug-likeness (QED) is 0.185. The van der Waals surface area contributed by atoms with Crippen LogP contribution in [0.4, 0.5) is 0 Å². The van der Waals surface area contributed by atoms with Gasteiger partial charge in [-0.15, -0.1) is 0 Å². The van der Waals surface area contributed by atoms with Gasteiger partial charge in [0.05, 0.1) is 16.9 Å². The summed E-state index contributed by atoms with van der Waals surface area (Å²) in [5, 5.41) is 4.20. The van der Waals surface area contributed by atoms with Crippen LogP contribution < -0.4 is 14.9 Å². The highest BCUT2D eigenvalue weighted by Crippen LogP contribution is 2.39. The smallest absolute Gasteiger partial charge is 0.271 e. The zero-order valence-electron chi connectivity index (χ0n) is 19.9. The lowest BCUT2D eigenvalue weighted by Gasteiger charge is -2.16. The van der Waals surface area contributed by atoms with Crippen LogP contribution in [0.25, 0.3) is 0 Å². The van der Waals surface area contributed by atoms with E-state index in [9.17, 15) is 4.79 Å². The van der Waals surface area contributed by atoms with Gasteiger partial charge >= 0.3 is 0 Å². The maximum Gasteiger partial charge on any atom is 0.271 e. The molecule has 1 atom stereocenters. The number of carbonyl (C=O) groups excluding carboxylic acids is 1. The highest BCUT2D eigenvalue weighted by molar-refractivity contribution is 14.1. The number of ether oxygens (including phenoxy) is 2. The molecule has 3 aromatic carbocycles. The van der Waals surface area contributed by atoms with Gasteiger partial charge in [0.15, 0.2) is 0 Å². The van der Waals surface area contributed by atoms with Crippen molar-refractivity contribution in [1.29, 1.82) is 0 Å². The molecular formula is C29H27IN2O3. The number of nitrogens with one attached hydrogen (secondary N) is 1. The van der Waals surface area contributed by atoms with Crippen LogP contribution >= 0.6 is 22.6 Å². The normalized spacial score (nSPS) is 15.3. The van der Waals surface area contributed by atoms with Crippen molar-refractivity contribution >= 4 is 34.7 Å². The zero-order chi connectivity index (χ0) is 24.8. The first-order chi connectivity index (χ1) is 17.0. The number of halogens is 1. The molecule has 0 aromatic heterocycles. The second-order valence-corrected chi connectivity index (χ2v) is 9.51. The molecule has 0 spiro atoms. The summed E-state index contributed by atoms with van der Waals surface area (Å²) in [6.07, 6.45) is 3.82. The first-order valence-electron chi connectivity index (χ1n) is 11.3. The fraction of sp³-hybridized carbons (Fsp3) is 0.172. The lowest BCUT2D eigenvalue weighted by molar-refractivity contribution is 0.0954. The van der Waals surface area contributed by atoms with Gasteiger partial charge in [-0.05, 0) is 83.5 Å². The molecule has 1 amide bonds. The first kappa shape index (κ1) is 24.7. The average Bonchev–Trinajstić information content (AvgIpc) is 3.16. The van der Waals surface area contributed by atoms with E-state index in [1.54, 1.807) is 25.5 Å². The van der Waals surface area contributed by atoms with Crippen LogP contribution in [-0.2, 0) is 6.61 Å². The Morgan fingerprint density at radius 2 is 1.80 bits per heavy atom. The third kappa shape index (κ3) is 6.00. The molecular weight excluding hydrogens is 551 g/mol. The van der Waals surface area contributed by atoms with Gasteiger partial charge in [0.25, 0.3) is 5.91 Å². The Morgan fingerprint density at radius 3 is 2.51 bits per heavy atom. The third-order valence-corrected chi connectivity index (χ3v) is 6.86. The Morgan fingerprint density at radius 1 is 1.06 bits per heavy atom. The maximum atomic E-state index is 12.5. The van der Waals surface area contributed by atoms with Crippen molar-refractivity contribution in [3.63, 3.8) is 0 Å². The van der Waals surface area contributed by atoms with E-state index in [1.165, 1.54) is 16.7 Å². The number of rotatable bonds is 8. The van der Waals surface area contributed by atoms with Crippen molar-refractivity contribution in [2.75, 3.05) is 7.11 Å². The fourth-order valence-corrected chi connectivity index (χ4v) is 4.68. The molecule has 0 fully saturated rings. The molecule has 0 aliphatic heterocycles. The number of carbonyl (C=O) groups is 1. The molecule has 178 valence electrons. The van der Waals surface area contributed by atoms with Crippen molar-refractivity contribution in [3.8, 4) is 11.5 Å². The van der Waals surface area contributed by atoms with Gasteiger partial charge in [0.1, 0.15) is 18.1 Å². The molecule has 4 rings (SSSR count). The third-order valence-electron chi connectivity index (χ3n) is 5.97. The minimum atomic E-state index is -0.282. The van der Waals surface area contributed by atoms with Crippen LogP contribution in [0, 0.1) is 3.57 Å². The molecule has 6 heteroatoms. The highest BCUT2D eigenvalue weighted by Gasteiger charge is 2.23. The topological polar surface area (TPSA) is 59.9 Å². The molecule has 0 radical (unpaired) electrons. The Kier molecular flexibility index (Phi) is 8.02. The van der Waals surface area contributed by atoms with Crippen molar-refractivity contribution in [2.45, 2.75) is 26.4 Å². The summed E-state index contributed by atoms with van der Waals surface area (Å²) in [6, 6.07) is 23.7. The standard InChI is InChI=1S/C29H27IN2O3/c1-19-15-24(17-31-32-29(33)23-11-14-26(30)27(16-23)34-3)20(2)28(19)22-9-12-25(13-10-22)35-18-21-7-5-4-6-8-21/h4-17,28H,18H2,1-3H3,(H,32,33)/b31-17-/t28-/m1/s1. The Balaban J connectivity index is 1.40. The van der Waals surface area contributed by atoms with E-state index >= 15 is 0 Å². The van der Waals surface area contributed by atoms with Gasteiger partial charge in [-0.25, -0.2) is 5.43 Å². The number of nitrogens with zero attached hydrogens (tertiary/aromatic N) is 1. The van der Waals surface area contributed by atoms with E-state index in [1.807, 2.05) is 36.4 Å². The lowest BCUT2D eigenvalue weighted by Crippen LogP contribution is -2.17. The molecule has 0 saturated carbocycles. The molecule has 0 heterocycles. The Hall–Kier alpha value is -3.39. The van der Waals surface area contributed by atoms with Crippen LogP contribution in [-0.4, -0.2) is 19.2 Å². The summed E-state index contributed by atoms with van der Waals surface area (Å²) in [7, 11) is 1.59. The number of methoxy groups -OCH3 is 1. The molecule has 5 nitrogen and oxygen atoms in total. The minimum absolute atomic E-state index is 0.177. The number of allylic oxidation sites excluding steroid dienone is 4. The van der Waals surface area contributed by atoms with E-state index in [2.05, 4.69) is 77.3 Å². The van der Waals surface area contributed by atoms with Gasteiger partial charge in [-0.2, -0.15) is 5.10 Å². The zero-order valence-corrected chi connectivity index (χ0v) is 22.1. The van der Waals surface area contributed by atoms with Crippen LogP contribution in [0.15, 0.2) is 101 Å². The number of hydrogen-bond donors (Lipinski definition) is 1. The van der Waals surface area contributed by atoms with Crippen LogP contribution in [0.1, 0.15) is 41.3 Å². The van der Waals surface area contributed by atoms with Crippen LogP contribution in [0.3, 0.4) is 0 Å². The Labute approximate surface area is 219 Å². The molecule has 0 bridgehead atoms. The van der Waals surface area contributed by atoms with Gasteiger partial charge in [0, 0.05) is 11.5 Å². The van der Waals surface area contributed by atoms with Gasteiger partial charge in [0.2, 0.25) is 0 Å². The number of amides is 1. The summed E-state index contributed by atoms with van der Waals surface area (Å²) in [4.78, 5) is 12.5. The average molecular weight is 578 g/mol. The molecule has 0 unspecified atom stereocenters. The molecule has 1 aliphatic rings. The summed E-state index contributed by atoms with van der Waals surface area (Å²) in [5.74, 6) is 1.40. The fourth-order valence-electron chi connectivity index (χ4n) is 4.13. The maximum absolute atomic E-state index is 12.5. The van der Waals surface area contributed by atoms with E-state index < -0.39 is 0 Å². The predicted molar refractivity (Wildman–Crippen MR) is 148 cm³/mol. The van der Waals surface area contributed by atoms with Crippen molar-refractivity contribution in [3.05, 3.63) is 116 Å². The van der Waals surface area contributed by atoms with Crippen LogP contribution in [0.2, 0.25) is 0 Å². The second-order valence-electron chi connectivity index (χ2n) is 8.35. The van der Waals surface area contributed by atoms with Crippen LogP contribution in [0.5, 0.6) is 11.5 Å². The number of hydrazone groups is 1. The number of hydrogen-bond acceptors (Lipinski definition) is 4. The molecule has 1 N–H and O–H groups in total. The van der Waals surface area contributed by atoms with Crippen molar-refractivity contribution < 1.29 is 14.3 Å². The SMILES string of the molecule is COc1cc(C(=O)N/N=C\C2=C(C)[C@H](c3ccc(OCc4ccccc4)cc3)C(C)=C2)ccc1I. The summed E-state index contributed by atoms with van der Waals surface area (Å²) in [6.45, 7) is 4.76. The van der Waals surface area contributed by atoms with Gasteiger partial charge in [-0.3, -0.25) is 4.79 Å². The van der Waals surface area contributed by atoms with E-state index in [0.29, 0.717) is 17.9 Å². The summed E-state index contributed by atoms with van der Waals surface area (Å²) >= 11 is 2.17. The second kappa shape index (κ2) is 11.4. The number of benzene rings is 3. The van der Waals surface area contributed by atoms with Gasteiger partial charge < -0.3 is 9.47 Å².